The lowest BCUT2D eigenvalue weighted by Gasteiger charge is -2.28. The van der Waals surface area contributed by atoms with Crippen LogP contribution in [0.2, 0.25) is 0 Å². The molecule has 0 spiro atoms. The number of carboxylic acids is 1. The van der Waals surface area contributed by atoms with Gasteiger partial charge in [-0.2, -0.15) is 0 Å². The van der Waals surface area contributed by atoms with E-state index >= 15 is 0 Å². The van der Waals surface area contributed by atoms with E-state index in [0.29, 0.717) is 11.4 Å². The number of carbonyl (C=O) groups is 1. The van der Waals surface area contributed by atoms with E-state index in [9.17, 15) is 15.1 Å². The molecular formula is C22H29NO3. The second-order valence-corrected chi connectivity index (χ2v) is 8.89. The lowest BCUT2D eigenvalue weighted by molar-refractivity contribution is 0.0697. The predicted molar refractivity (Wildman–Crippen MR) is 106 cm³/mol. The van der Waals surface area contributed by atoms with Gasteiger partial charge in [0.15, 0.2) is 0 Å². The number of hydrogen-bond acceptors (Lipinski definition) is 3. The second-order valence-electron chi connectivity index (χ2n) is 8.89. The Morgan fingerprint density at radius 1 is 0.885 bits per heavy atom. The van der Waals surface area contributed by atoms with Crippen molar-refractivity contribution < 1.29 is 15.1 Å². The Labute approximate surface area is 156 Å². The van der Waals surface area contributed by atoms with Gasteiger partial charge in [-0.25, -0.2) is 9.86 Å². The summed E-state index contributed by atoms with van der Waals surface area (Å²) in [6.45, 7) is 14.7. The average molecular weight is 355 g/mol. The molecule has 2 aromatic carbocycles. The van der Waals surface area contributed by atoms with Crippen LogP contribution in [0.5, 0.6) is 0 Å². The van der Waals surface area contributed by atoms with Crippen LogP contribution in [0.25, 0.3) is 0 Å². The van der Waals surface area contributed by atoms with Gasteiger partial charge in [-0.3, -0.25) is 5.21 Å². The third-order valence-electron chi connectivity index (χ3n) is 4.58. The van der Waals surface area contributed by atoms with Gasteiger partial charge < -0.3 is 5.11 Å². The Kier molecular flexibility index (Phi) is 5.20. The van der Waals surface area contributed by atoms with Gasteiger partial charge in [0, 0.05) is 0 Å². The summed E-state index contributed by atoms with van der Waals surface area (Å²) in [6.07, 6.45) is 0. The highest BCUT2D eigenvalue weighted by Gasteiger charge is 2.23. The largest absolute Gasteiger partial charge is 0.478 e. The first-order valence-electron chi connectivity index (χ1n) is 8.80. The van der Waals surface area contributed by atoms with Gasteiger partial charge in [0.2, 0.25) is 0 Å². The van der Waals surface area contributed by atoms with Crippen molar-refractivity contribution >= 4 is 17.3 Å². The normalized spacial score (nSPS) is 12.2. The molecule has 0 atom stereocenters. The minimum atomic E-state index is -1.02. The highest BCUT2D eigenvalue weighted by atomic mass is 16.5. The third-order valence-corrected chi connectivity index (χ3v) is 4.58. The molecule has 0 heterocycles. The Morgan fingerprint density at radius 2 is 1.38 bits per heavy atom. The second kappa shape index (κ2) is 6.76. The maximum atomic E-state index is 11.3. The molecule has 0 aliphatic rings. The molecule has 2 rings (SSSR count). The van der Waals surface area contributed by atoms with E-state index in [1.807, 2.05) is 19.1 Å². The fourth-order valence-corrected chi connectivity index (χ4v) is 2.71. The molecular weight excluding hydrogens is 326 g/mol. The molecule has 0 radical (unpaired) electrons. The first-order valence-corrected chi connectivity index (χ1v) is 8.80. The summed E-state index contributed by atoms with van der Waals surface area (Å²) in [5, 5.41) is 21.2. The van der Waals surface area contributed by atoms with E-state index in [1.54, 1.807) is 12.1 Å². The van der Waals surface area contributed by atoms with E-state index in [0.717, 1.165) is 21.8 Å². The zero-order valence-electron chi connectivity index (χ0n) is 16.7. The van der Waals surface area contributed by atoms with Gasteiger partial charge in [-0.15, -0.1) is 0 Å². The van der Waals surface area contributed by atoms with Gasteiger partial charge in [-0.1, -0.05) is 53.7 Å². The van der Waals surface area contributed by atoms with Gasteiger partial charge in [0.1, 0.15) is 0 Å². The Bertz CT molecular complexity index is 794. The molecule has 0 fully saturated rings. The fraction of sp³-hybridized carbons (Fsp3) is 0.409. The van der Waals surface area contributed by atoms with Crippen LogP contribution in [0.4, 0.5) is 11.4 Å². The number of carboxylic acid groups (broad SMARTS) is 1. The van der Waals surface area contributed by atoms with E-state index in [4.69, 9.17) is 0 Å². The minimum Gasteiger partial charge on any atom is -0.478 e. The Hall–Kier alpha value is -2.33. The zero-order chi connectivity index (χ0) is 19.9. The zero-order valence-corrected chi connectivity index (χ0v) is 16.7. The van der Waals surface area contributed by atoms with Gasteiger partial charge in [-0.05, 0) is 58.7 Å². The van der Waals surface area contributed by atoms with Crippen LogP contribution in [-0.4, -0.2) is 16.3 Å². The van der Waals surface area contributed by atoms with Crippen LogP contribution in [0.1, 0.15) is 68.6 Å². The number of aryl methyl sites for hydroxylation is 1. The first-order chi connectivity index (χ1) is 11.8. The van der Waals surface area contributed by atoms with Gasteiger partial charge >= 0.3 is 5.97 Å². The number of benzene rings is 2. The van der Waals surface area contributed by atoms with Crippen LogP contribution in [0.3, 0.4) is 0 Å². The van der Waals surface area contributed by atoms with Gasteiger partial charge in [0.25, 0.3) is 0 Å². The quantitative estimate of drug-likeness (QED) is 0.682. The van der Waals surface area contributed by atoms with Crippen molar-refractivity contribution in [1.29, 1.82) is 0 Å². The summed E-state index contributed by atoms with van der Waals surface area (Å²) < 4.78 is 0. The van der Waals surface area contributed by atoms with E-state index in [1.165, 1.54) is 6.07 Å². The number of nitrogens with zero attached hydrogens (tertiary/aromatic N) is 1. The molecule has 26 heavy (non-hydrogen) atoms. The molecule has 0 aromatic heterocycles. The number of anilines is 2. The summed E-state index contributed by atoms with van der Waals surface area (Å²) in [5.41, 5.74) is 4.13. The van der Waals surface area contributed by atoms with Crippen LogP contribution in [-0.2, 0) is 10.8 Å². The number of rotatable bonds is 3. The van der Waals surface area contributed by atoms with Gasteiger partial charge in [0.05, 0.1) is 16.9 Å². The van der Waals surface area contributed by atoms with E-state index in [-0.39, 0.29) is 16.4 Å². The standard InChI is InChI=1S/C22H29NO3/c1-14-8-9-15(20(24)25)10-19(14)23(26)18-12-16(21(2,3)4)11-17(13-18)22(5,6)7/h8-13,26H,1-7H3,(H,24,25). The third kappa shape index (κ3) is 4.25. The monoisotopic (exact) mass is 355 g/mol. The summed E-state index contributed by atoms with van der Waals surface area (Å²) in [7, 11) is 0. The molecule has 0 bridgehead atoms. The first kappa shape index (κ1) is 20.0. The van der Waals surface area contributed by atoms with Crippen LogP contribution < -0.4 is 5.06 Å². The lowest BCUT2D eigenvalue weighted by Crippen LogP contribution is -2.20. The minimum absolute atomic E-state index is 0.0746. The Balaban J connectivity index is 2.64. The number of hydrogen-bond donors (Lipinski definition) is 2. The lowest BCUT2D eigenvalue weighted by atomic mass is 9.80. The van der Waals surface area contributed by atoms with Crippen molar-refractivity contribution in [3.63, 3.8) is 0 Å². The van der Waals surface area contributed by atoms with E-state index in [2.05, 4.69) is 47.6 Å². The molecule has 2 N–H and O–H groups in total. The average Bonchev–Trinajstić information content (AvgIpc) is 2.52. The van der Waals surface area contributed by atoms with Crippen molar-refractivity contribution in [3.8, 4) is 0 Å². The molecule has 4 nitrogen and oxygen atoms in total. The molecule has 0 aliphatic heterocycles. The molecule has 4 heteroatoms. The summed E-state index contributed by atoms with van der Waals surface area (Å²) in [4.78, 5) is 11.3. The molecule has 0 aliphatic carbocycles. The maximum Gasteiger partial charge on any atom is 0.335 e. The molecule has 0 saturated carbocycles. The fourth-order valence-electron chi connectivity index (χ4n) is 2.71. The van der Waals surface area contributed by atoms with Crippen LogP contribution in [0.15, 0.2) is 36.4 Å². The number of aromatic carboxylic acids is 1. The smallest absolute Gasteiger partial charge is 0.335 e. The maximum absolute atomic E-state index is 11.3. The highest BCUT2D eigenvalue weighted by Crippen LogP contribution is 2.36. The van der Waals surface area contributed by atoms with Crippen molar-refractivity contribution in [2.24, 2.45) is 0 Å². The predicted octanol–water partition coefficient (Wildman–Crippen LogP) is 5.82. The Morgan fingerprint density at radius 3 is 1.81 bits per heavy atom. The van der Waals surface area contributed by atoms with Crippen molar-refractivity contribution in [2.45, 2.75) is 59.3 Å². The summed E-state index contributed by atoms with van der Waals surface area (Å²) in [5.74, 6) is -1.02. The van der Waals surface area contributed by atoms with Crippen LogP contribution >= 0.6 is 0 Å². The highest BCUT2D eigenvalue weighted by molar-refractivity contribution is 5.89. The topological polar surface area (TPSA) is 60.8 Å². The SMILES string of the molecule is Cc1ccc(C(=O)O)cc1N(O)c1cc(C(C)(C)C)cc(C(C)(C)C)c1. The van der Waals surface area contributed by atoms with Crippen molar-refractivity contribution in [1.82, 2.24) is 0 Å². The van der Waals surface area contributed by atoms with Crippen molar-refractivity contribution in [2.75, 3.05) is 5.06 Å². The molecule has 0 saturated heterocycles. The van der Waals surface area contributed by atoms with Crippen molar-refractivity contribution in [3.05, 3.63) is 58.7 Å². The van der Waals surface area contributed by atoms with E-state index < -0.39 is 5.97 Å². The molecule has 2 aromatic rings. The summed E-state index contributed by atoms with van der Waals surface area (Å²) >= 11 is 0. The molecule has 140 valence electrons. The molecule has 0 unspecified atom stereocenters. The van der Waals surface area contributed by atoms with Crippen LogP contribution in [0, 0.1) is 6.92 Å². The summed E-state index contributed by atoms with van der Waals surface area (Å²) in [6, 6.07) is 10.8. The molecule has 0 amide bonds.